The molecular weight excluding hydrogens is 416 g/mol. The standard InChI is InChI=1S/C26H48O3Si2/c1-14-24(7)20(19-27)15-18-26(29-30(9,10)11)23(5,6)21(16-17-25(24,26)8)28-31(12,13)22(2,3)4/h1,15,21,27H,16-19H2,2-13H3/t21-,24-,25+,26+/m0/s1. The van der Waals surface area contributed by atoms with Gasteiger partial charge in [-0.25, -0.2) is 0 Å². The van der Waals surface area contributed by atoms with Crippen LogP contribution < -0.4 is 0 Å². The average molecular weight is 465 g/mol. The minimum absolute atomic E-state index is 0.00361. The van der Waals surface area contributed by atoms with Crippen molar-refractivity contribution in [2.75, 3.05) is 6.61 Å². The van der Waals surface area contributed by atoms with Crippen LogP contribution in [0.3, 0.4) is 0 Å². The van der Waals surface area contributed by atoms with Crippen molar-refractivity contribution in [3.05, 3.63) is 11.6 Å². The van der Waals surface area contributed by atoms with Crippen molar-refractivity contribution >= 4 is 16.6 Å². The van der Waals surface area contributed by atoms with Gasteiger partial charge in [0.15, 0.2) is 16.6 Å². The fourth-order valence-electron chi connectivity index (χ4n) is 5.94. The molecule has 0 heterocycles. The van der Waals surface area contributed by atoms with Gasteiger partial charge in [0.2, 0.25) is 0 Å². The summed E-state index contributed by atoms with van der Waals surface area (Å²) in [7, 11) is -3.89. The molecular formula is C26H48O3Si2. The van der Waals surface area contributed by atoms with E-state index in [1.165, 1.54) is 0 Å². The third-order valence-electron chi connectivity index (χ3n) is 9.21. The summed E-state index contributed by atoms with van der Waals surface area (Å²) >= 11 is 0. The molecule has 2 rings (SSSR count). The number of hydrogen-bond donors (Lipinski definition) is 1. The van der Waals surface area contributed by atoms with E-state index in [2.05, 4.69) is 93.2 Å². The van der Waals surface area contributed by atoms with Crippen LogP contribution >= 0.6 is 0 Å². The number of fused-ring (bicyclic) bond motifs is 1. The summed E-state index contributed by atoms with van der Waals surface area (Å²) in [5.41, 5.74) is -0.565. The molecule has 1 fully saturated rings. The van der Waals surface area contributed by atoms with Crippen LogP contribution in [0.25, 0.3) is 0 Å². The SMILES string of the molecule is C#C[C@@]1(C)C(CO)=CC[C@@]2(O[Si](C)(C)C)C(C)(C)[C@@H](O[Si](C)(C)C(C)(C)C)CC[C@]12C. The lowest BCUT2D eigenvalue weighted by Gasteiger charge is -2.70. The maximum Gasteiger partial charge on any atom is 0.192 e. The second-order valence-electron chi connectivity index (χ2n) is 13.4. The molecule has 178 valence electrons. The van der Waals surface area contributed by atoms with E-state index in [1.807, 2.05) is 0 Å². The van der Waals surface area contributed by atoms with Gasteiger partial charge in [0.1, 0.15) is 0 Å². The third-order valence-corrected chi connectivity index (χ3v) is 14.7. The molecule has 0 aliphatic heterocycles. The summed E-state index contributed by atoms with van der Waals surface area (Å²) in [6.07, 6.45) is 11.2. The molecule has 0 radical (unpaired) electrons. The maximum absolute atomic E-state index is 10.2. The topological polar surface area (TPSA) is 38.7 Å². The van der Waals surface area contributed by atoms with Crippen LogP contribution in [0.1, 0.15) is 67.7 Å². The molecule has 5 heteroatoms. The lowest BCUT2D eigenvalue weighted by molar-refractivity contribution is -0.234. The van der Waals surface area contributed by atoms with E-state index in [9.17, 15) is 5.11 Å². The molecule has 0 bridgehead atoms. The van der Waals surface area contributed by atoms with Gasteiger partial charge < -0.3 is 14.0 Å². The Balaban J connectivity index is 2.72. The van der Waals surface area contributed by atoms with Gasteiger partial charge >= 0.3 is 0 Å². The number of aliphatic hydroxyl groups excluding tert-OH is 1. The summed E-state index contributed by atoms with van der Waals surface area (Å²) in [6.45, 7) is 27.6. The molecule has 2 aliphatic rings. The largest absolute Gasteiger partial charge is 0.413 e. The van der Waals surface area contributed by atoms with Crippen LogP contribution in [0.15, 0.2) is 11.6 Å². The van der Waals surface area contributed by atoms with Crippen LogP contribution in [0, 0.1) is 28.6 Å². The smallest absolute Gasteiger partial charge is 0.192 e. The number of rotatable bonds is 5. The molecule has 0 saturated heterocycles. The number of terminal acetylenes is 1. The van der Waals surface area contributed by atoms with Crippen LogP contribution in [0.2, 0.25) is 37.8 Å². The predicted octanol–water partition coefficient (Wildman–Crippen LogP) is 6.76. The van der Waals surface area contributed by atoms with Crippen LogP contribution in [-0.4, -0.2) is 40.1 Å². The Labute approximate surface area is 194 Å². The lowest BCUT2D eigenvalue weighted by Crippen LogP contribution is -2.73. The molecule has 2 aliphatic carbocycles. The van der Waals surface area contributed by atoms with Crippen molar-refractivity contribution in [3.63, 3.8) is 0 Å². The van der Waals surface area contributed by atoms with Crippen LogP contribution in [0.4, 0.5) is 0 Å². The molecule has 1 N–H and O–H groups in total. The molecule has 0 unspecified atom stereocenters. The molecule has 0 aromatic carbocycles. The Morgan fingerprint density at radius 1 is 1.13 bits per heavy atom. The zero-order chi connectivity index (χ0) is 24.3. The zero-order valence-corrected chi connectivity index (χ0v) is 24.3. The predicted molar refractivity (Wildman–Crippen MR) is 137 cm³/mol. The first kappa shape index (κ1) is 26.9. The van der Waals surface area contributed by atoms with Gasteiger partial charge in [-0.3, -0.25) is 0 Å². The third kappa shape index (κ3) is 3.95. The van der Waals surface area contributed by atoms with Crippen molar-refractivity contribution < 1.29 is 14.0 Å². The summed E-state index contributed by atoms with van der Waals surface area (Å²) < 4.78 is 14.4. The molecule has 1 saturated carbocycles. The molecule has 0 aromatic rings. The van der Waals surface area contributed by atoms with Gasteiger partial charge in [-0.05, 0) is 69.5 Å². The fourth-order valence-corrected chi connectivity index (χ4v) is 9.04. The van der Waals surface area contributed by atoms with Crippen LogP contribution in [-0.2, 0) is 8.85 Å². The first-order chi connectivity index (χ1) is 13.7. The first-order valence-corrected chi connectivity index (χ1v) is 18.2. The van der Waals surface area contributed by atoms with Crippen molar-refractivity contribution in [3.8, 4) is 12.3 Å². The minimum atomic E-state index is -1.96. The highest BCUT2D eigenvalue weighted by atomic mass is 28.4. The van der Waals surface area contributed by atoms with E-state index in [-0.39, 0.29) is 28.6 Å². The average Bonchev–Trinajstić information content (AvgIpc) is 2.59. The second-order valence-corrected chi connectivity index (χ2v) is 22.5. The highest BCUT2D eigenvalue weighted by Gasteiger charge is 2.71. The normalized spacial score (nSPS) is 36.4. The molecule has 3 nitrogen and oxygen atoms in total. The Morgan fingerprint density at radius 2 is 1.68 bits per heavy atom. The van der Waals surface area contributed by atoms with E-state index >= 15 is 0 Å². The monoisotopic (exact) mass is 464 g/mol. The maximum atomic E-state index is 10.2. The summed E-state index contributed by atoms with van der Waals surface area (Å²) in [6, 6.07) is 0. The first-order valence-electron chi connectivity index (χ1n) is 11.9. The summed E-state index contributed by atoms with van der Waals surface area (Å²) in [4.78, 5) is 0. The summed E-state index contributed by atoms with van der Waals surface area (Å²) in [5.74, 6) is 3.13. The highest BCUT2D eigenvalue weighted by molar-refractivity contribution is 6.74. The van der Waals surface area contributed by atoms with Gasteiger partial charge in [0.25, 0.3) is 0 Å². The molecule has 0 spiro atoms. The van der Waals surface area contributed by atoms with E-state index < -0.39 is 27.7 Å². The van der Waals surface area contributed by atoms with E-state index in [1.54, 1.807) is 0 Å². The Bertz CT molecular complexity index is 765. The summed E-state index contributed by atoms with van der Waals surface area (Å²) in [5, 5.41) is 10.3. The van der Waals surface area contributed by atoms with E-state index in [0.29, 0.717) is 0 Å². The van der Waals surface area contributed by atoms with Gasteiger partial charge in [0.05, 0.1) is 23.7 Å². The van der Waals surface area contributed by atoms with E-state index in [4.69, 9.17) is 15.3 Å². The quantitative estimate of drug-likeness (QED) is 0.278. The zero-order valence-electron chi connectivity index (χ0n) is 22.3. The molecule has 0 amide bonds. The second kappa shape index (κ2) is 7.84. The number of aliphatic hydroxyl groups is 1. The minimum Gasteiger partial charge on any atom is -0.413 e. The van der Waals surface area contributed by atoms with Gasteiger partial charge in [-0.2, -0.15) is 0 Å². The van der Waals surface area contributed by atoms with Crippen molar-refractivity contribution in [2.24, 2.45) is 16.2 Å². The van der Waals surface area contributed by atoms with Gasteiger partial charge in [-0.15, -0.1) is 6.42 Å². The highest BCUT2D eigenvalue weighted by Crippen LogP contribution is 2.69. The Hall–Kier alpha value is -0.386. The Kier molecular flexibility index (Phi) is 6.79. The van der Waals surface area contributed by atoms with E-state index in [0.717, 1.165) is 24.8 Å². The van der Waals surface area contributed by atoms with Crippen molar-refractivity contribution in [1.82, 2.24) is 0 Å². The van der Waals surface area contributed by atoms with Gasteiger partial charge in [-0.1, -0.05) is 53.5 Å². The number of hydrogen-bond acceptors (Lipinski definition) is 3. The lowest BCUT2D eigenvalue weighted by atomic mass is 9.41. The van der Waals surface area contributed by atoms with Crippen LogP contribution in [0.5, 0.6) is 0 Å². The molecule has 4 atom stereocenters. The Morgan fingerprint density at radius 3 is 2.10 bits per heavy atom. The molecule has 0 aromatic heterocycles. The fraction of sp³-hybridized carbons (Fsp3) is 0.846. The molecule has 31 heavy (non-hydrogen) atoms. The van der Waals surface area contributed by atoms with Crippen molar-refractivity contribution in [2.45, 2.75) is 117 Å². The van der Waals surface area contributed by atoms with Crippen molar-refractivity contribution in [1.29, 1.82) is 0 Å². The van der Waals surface area contributed by atoms with Gasteiger partial charge in [0, 0.05) is 10.8 Å².